The van der Waals surface area contributed by atoms with Crippen molar-refractivity contribution >= 4 is 11.8 Å². The largest absolute Gasteiger partial charge is 0.381 e. The summed E-state index contributed by atoms with van der Waals surface area (Å²) in [5.41, 5.74) is 0. The van der Waals surface area contributed by atoms with Gasteiger partial charge in [-0.3, -0.25) is 9.59 Å². The SMILES string of the molecule is C=CCCCCCCCCC(=O)NCCCOCCCCOCCCNC(=O)CCCCCCCCC=C. The van der Waals surface area contributed by atoms with Crippen LogP contribution in [0.3, 0.4) is 0 Å². The lowest BCUT2D eigenvalue weighted by Gasteiger charge is -2.08. The van der Waals surface area contributed by atoms with E-state index < -0.39 is 0 Å². The summed E-state index contributed by atoms with van der Waals surface area (Å²) in [6.45, 7) is 11.7. The van der Waals surface area contributed by atoms with Crippen LogP contribution in [-0.4, -0.2) is 51.3 Å². The summed E-state index contributed by atoms with van der Waals surface area (Å²) in [5, 5.41) is 5.98. The zero-order chi connectivity index (χ0) is 27.8. The molecule has 0 aliphatic heterocycles. The van der Waals surface area contributed by atoms with Gasteiger partial charge in [-0.05, 0) is 64.2 Å². The monoisotopic (exact) mass is 536 g/mol. The predicted octanol–water partition coefficient (Wildman–Crippen LogP) is 7.43. The summed E-state index contributed by atoms with van der Waals surface area (Å²) >= 11 is 0. The maximum atomic E-state index is 11.9. The van der Waals surface area contributed by atoms with Crippen molar-refractivity contribution in [1.29, 1.82) is 0 Å². The van der Waals surface area contributed by atoms with E-state index in [4.69, 9.17) is 9.47 Å². The second kappa shape index (κ2) is 31.6. The number of rotatable bonds is 31. The van der Waals surface area contributed by atoms with E-state index in [0.717, 1.165) is 77.4 Å². The Morgan fingerprint density at radius 3 is 1.21 bits per heavy atom. The van der Waals surface area contributed by atoms with Crippen molar-refractivity contribution in [2.75, 3.05) is 39.5 Å². The first-order valence-electron chi connectivity index (χ1n) is 15.6. The van der Waals surface area contributed by atoms with Gasteiger partial charge in [0.1, 0.15) is 0 Å². The molecule has 6 heteroatoms. The molecule has 0 unspecified atom stereocenters. The van der Waals surface area contributed by atoms with Crippen LogP contribution in [0.1, 0.15) is 128 Å². The van der Waals surface area contributed by atoms with E-state index in [9.17, 15) is 9.59 Å². The van der Waals surface area contributed by atoms with Crippen LogP contribution < -0.4 is 10.6 Å². The Kier molecular flexibility index (Phi) is 30.2. The molecular formula is C32H60N2O4. The molecule has 6 nitrogen and oxygen atoms in total. The van der Waals surface area contributed by atoms with Gasteiger partial charge in [0, 0.05) is 52.4 Å². The van der Waals surface area contributed by atoms with Crippen LogP contribution in [0.5, 0.6) is 0 Å². The van der Waals surface area contributed by atoms with Gasteiger partial charge in [-0.2, -0.15) is 0 Å². The molecule has 0 fully saturated rings. The number of carbonyl (C=O) groups is 2. The first kappa shape index (κ1) is 36.3. The van der Waals surface area contributed by atoms with Gasteiger partial charge in [0.2, 0.25) is 11.8 Å². The number of allylic oxidation sites excluding steroid dienone is 2. The molecule has 38 heavy (non-hydrogen) atoms. The normalized spacial score (nSPS) is 10.8. The minimum absolute atomic E-state index is 0.161. The van der Waals surface area contributed by atoms with Crippen LogP contribution >= 0.6 is 0 Å². The summed E-state index contributed by atoms with van der Waals surface area (Å²) in [6, 6.07) is 0. The molecule has 0 saturated heterocycles. The quantitative estimate of drug-likeness (QED) is 0.0714. The predicted molar refractivity (Wildman–Crippen MR) is 160 cm³/mol. The molecule has 0 aromatic carbocycles. The second-order valence-corrected chi connectivity index (χ2v) is 10.2. The van der Waals surface area contributed by atoms with Crippen molar-refractivity contribution in [1.82, 2.24) is 10.6 Å². The number of ether oxygens (including phenoxy) is 2. The highest BCUT2D eigenvalue weighted by Crippen LogP contribution is 2.09. The average Bonchev–Trinajstić information content (AvgIpc) is 2.91. The standard InChI is InChI=1S/C32H60N2O4/c1-3-5-7-9-11-13-15-17-23-31(35)33-25-21-29-37-27-19-20-28-38-30-22-26-34-32(36)24-18-16-14-12-10-8-6-4-2/h3-4H,1-2,5-30H2,(H,33,35)(H,34,36). The zero-order valence-corrected chi connectivity index (χ0v) is 24.6. The van der Waals surface area contributed by atoms with Crippen LogP contribution in [0, 0.1) is 0 Å². The van der Waals surface area contributed by atoms with E-state index in [2.05, 4.69) is 23.8 Å². The van der Waals surface area contributed by atoms with Gasteiger partial charge in [0.05, 0.1) is 0 Å². The molecule has 0 aliphatic carbocycles. The highest BCUT2D eigenvalue weighted by atomic mass is 16.5. The van der Waals surface area contributed by atoms with Crippen molar-refractivity contribution in [2.45, 2.75) is 128 Å². The second-order valence-electron chi connectivity index (χ2n) is 10.2. The Labute approximate surface area is 234 Å². The van der Waals surface area contributed by atoms with Gasteiger partial charge in [0.25, 0.3) is 0 Å². The Morgan fingerprint density at radius 2 is 0.816 bits per heavy atom. The van der Waals surface area contributed by atoms with Gasteiger partial charge < -0.3 is 20.1 Å². The molecule has 0 rings (SSSR count). The van der Waals surface area contributed by atoms with Gasteiger partial charge in [-0.15, -0.1) is 13.2 Å². The van der Waals surface area contributed by atoms with Crippen molar-refractivity contribution in [3.63, 3.8) is 0 Å². The fraction of sp³-hybridized carbons (Fsp3) is 0.812. The fourth-order valence-electron chi connectivity index (χ4n) is 4.16. The third-order valence-electron chi connectivity index (χ3n) is 6.53. The first-order valence-corrected chi connectivity index (χ1v) is 15.6. The number of carbonyl (C=O) groups excluding carboxylic acids is 2. The smallest absolute Gasteiger partial charge is 0.219 e. The molecule has 222 valence electrons. The van der Waals surface area contributed by atoms with E-state index in [1.807, 2.05) is 12.2 Å². The van der Waals surface area contributed by atoms with Crippen LogP contribution in [0.15, 0.2) is 25.3 Å². The van der Waals surface area contributed by atoms with Crippen molar-refractivity contribution in [3.05, 3.63) is 25.3 Å². The van der Waals surface area contributed by atoms with Crippen molar-refractivity contribution in [3.8, 4) is 0 Å². The summed E-state index contributed by atoms with van der Waals surface area (Å²) in [7, 11) is 0. The molecule has 0 spiro atoms. The number of unbranched alkanes of at least 4 members (excludes halogenated alkanes) is 13. The Balaban J connectivity index is 3.21. The van der Waals surface area contributed by atoms with Crippen LogP contribution in [-0.2, 0) is 19.1 Å². The van der Waals surface area contributed by atoms with Gasteiger partial charge in [0.15, 0.2) is 0 Å². The number of hydrogen-bond acceptors (Lipinski definition) is 4. The van der Waals surface area contributed by atoms with Crippen molar-refractivity contribution < 1.29 is 19.1 Å². The summed E-state index contributed by atoms with van der Waals surface area (Å²) < 4.78 is 11.3. The lowest BCUT2D eigenvalue weighted by molar-refractivity contribution is -0.122. The average molecular weight is 537 g/mol. The van der Waals surface area contributed by atoms with Crippen LogP contribution in [0.25, 0.3) is 0 Å². The van der Waals surface area contributed by atoms with Crippen molar-refractivity contribution in [2.24, 2.45) is 0 Å². The van der Waals surface area contributed by atoms with E-state index in [1.54, 1.807) is 0 Å². The lowest BCUT2D eigenvalue weighted by Crippen LogP contribution is -2.25. The highest BCUT2D eigenvalue weighted by Gasteiger charge is 2.02. The molecule has 0 heterocycles. The number of nitrogens with one attached hydrogen (secondary N) is 2. The maximum Gasteiger partial charge on any atom is 0.219 e. The third kappa shape index (κ3) is 30.6. The molecule has 0 atom stereocenters. The minimum atomic E-state index is 0.161. The molecule has 0 radical (unpaired) electrons. The van der Waals surface area contributed by atoms with Gasteiger partial charge in [-0.25, -0.2) is 0 Å². The fourth-order valence-corrected chi connectivity index (χ4v) is 4.16. The molecule has 0 saturated carbocycles. The molecule has 2 N–H and O–H groups in total. The van der Waals surface area contributed by atoms with Gasteiger partial charge in [-0.1, -0.05) is 63.5 Å². The summed E-state index contributed by atoms with van der Waals surface area (Å²) in [5.74, 6) is 0.323. The van der Waals surface area contributed by atoms with E-state index in [-0.39, 0.29) is 11.8 Å². The summed E-state index contributed by atoms with van der Waals surface area (Å²) in [4.78, 5) is 23.7. The summed E-state index contributed by atoms with van der Waals surface area (Å²) in [6.07, 6.45) is 25.3. The first-order chi connectivity index (χ1) is 18.7. The Morgan fingerprint density at radius 1 is 0.474 bits per heavy atom. The van der Waals surface area contributed by atoms with E-state index in [0.29, 0.717) is 39.1 Å². The molecule has 2 amide bonds. The number of amides is 2. The third-order valence-corrected chi connectivity index (χ3v) is 6.53. The zero-order valence-electron chi connectivity index (χ0n) is 24.6. The molecular weight excluding hydrogens is 476 g/mol. The van der Waals surface area contributed by atoms with E-state index in [1.165, 1.54) is 51.4 Å². The lowest BCUT2D eigenvalue weighted by atomic mass is 10.1. The highest BCUT2D eigenvalue weighted by molar-refractivity contribution is 5.76. The van der Waals surface area contributed by atoms with Gasteiger partial charge >= 0.3 is 0 Å². The Bertz CT molecular complexity index is 506. The molecule has 0 bridgehead atoms. The number of hydrogen-bond donors (Lipinski definition) is 2. The Hall–Kier alpha value is -1.66. The topological polar surface area (TPSA) is 76.7 Å². The maximum absolute atomic E-state index is 11.9. The molecule has 0 aliphatic rings. The van der Waals surface area contributed by atoms with Crippen LogP contribution in [0.2, 0.25) is 0 Å². The van der Waals surface area contributed by atoms with Crippen LogP contribution in [0.4, 0.5) is 0 Å². The van der Waals surface area contributed by atoms with E-state index >= 15 is 0 Å². The molecule has 0 aromatic rings. The minimum Gasteiger partial charge on any atom is -0.381 e. The molecule has 0 aromatic heterocycles.